The van der Waals surface area contributed by atoms with Crippen molar-refractivity contribution in [3.8, 4) is 0 Å². The van der Waals surface area contributed by atoms with Crippen LogP contribution in [0.3, 0.4) is 0 Å². The minimum absolute atomic E-state index is 0.0132. The van der Waals surface area contributed by atoms with Crippen LogP contribution in [0.2, 0.25) is 0 Å². The van der Waals surface area contributed by atoms with Crippen molar-refractivity contribution in [1.82, 2.24) is 49.5 Å². The molecule has 2 saturated heterocycles. The van der Waals surface area contributed by atoms with Gasteiger partial charge < -0.3 is 39.2 Å². The standard InChI is InChI=1S/2C27H33N7O2/c2*1-17(2)34-16-22-24(26(34)36)29-27(33-13-11-32(12-14-33)19(4)35)30-25(22)31(5)18(3)20-8-9-23-21(15-20)7-6-10-28-23/h2*6-10,15,17-18H,11-14,16H2,1-5H3. The molecule has 376 valence electrons. The number of anilines is 4. The zero-order valence-electron chi connectivity index (χ0n) is 43.2. The minimum Gasteiger partial charge on any atom is -0.352 e. The van der Waals surface area contributed by atoms with Gasteiger partial charge in [0.25, 0.3) is 11.8 Å². The number of carbonyl (C=O) groups is 4. The van der Waals surface area contributed by atoms with Crippen LogP contribution in [0.5, 0.6) is 0 Å². The van der Waals surface area contributed by atoms with E-state index < -0.39 is 0 Å². The number of pyridine rings is 2. The van der Waals surface area contributed by atoms with Crippen LogP contribution in [0.25, 0.3) is 21.8 Å². The van der Waals surface area contributed by atoms with Crippen molar-refractivity contribution in [3.63, 3.8) is 0 Å². The SMILES string of the molecule is CC(=O)N1CCN(c2nc3c(c(N(C)C(C)c4ccc5ncccc5c4)n2)CN(C(C)C)C3=O)CC1.CC(=O)N1CCN(c2nc3c(c(N(C)C(C)c4ccc5ncccc5c4)n2)CN(C(C)C)C3=O)CC1. The number of aromatic nitrogens is 6. The van der Waals surface area contributed by atoms with Gasteiger partial charge in [0.2, 0.25) is 23.7 Å². The number of piperazine rings is 2. The lowest BCUT2D eigenvalue weighted by Gasteiger charge is -2.35. The minimum atomic E-state index is -0.0508. The van der Waals surface area contributed by atoms with E-state index in [1.54, 1.807) is 26.2 Å². The Bertz CT molecular complexity index is 2840. The molecular weight excluding hydrogens is 909 g/mol. The molecule has 2 unspecified atom stereocenters. The summed E-state index contributed by atoms with van der Waals surface area (Å²) < 4.78 is 0. The van der Waals surface area contributed by atoms with Gasteiger partial charge in [-0.15, -0.1) is 0 Å². The van der Waals surface area contributed by atoms with Crippen molar-refractivity contribution < 1.29 is 19.2 Å². The summed E-state index contributed by atoms with van der Waals surface area (Å²) in [6, 6.07) is 20.8. The first-order chi connectivity index (χ1) is 34.5. The highest BCUT2D eigenvalue weighted by Gasteiger charge is 2.39. The zero-order chi connectivity index (χ0) is 51.1. The number of nitrogens with zero attached hydrogens (tertiary/aromatic N) is 14. The summed E-state index contributed by atoms with van der Waals surface area (Å²) in [4.78, 5) is 94.4. The molecule has 18 heteroatoms. The molecule has 10 rings (SSSR count). The maximum absolute atomic E-state index is 13.3. The molecule has 2 aromatic carbocycles. The summed E-state index contributed by atoms with van der Waals surface area (Å²) in [5, 5.41) is 2.18. The molecule has 2 atom stereocenters. The van der Waals surface area contributed by atoms with Gasteiger partial charge in [0, 0.05) is 127 Å². The Balaban J connectivity index is 0.000000178. The van der Waals surface area contributed by atoms with E-state index in [0.717, 1.165) is 55.7 Å². The quantitative estimate of drug-likeness (QED) is 0.146. The van der Waals surface area contributed by atoms with Crippen molar-refractivity contribution in [1.29, 1.82) is 0 Å². The normalized spacial score (nSPS) is 16.6. The molecule has 4 aliphatic heterocycles. The van der Waals surface area contributed by atoms with Crippen molar-refractivity contribution in [2.45, 2.75) is 92.6 Å². The van der Waals surface area contributed by atoms with Gasteiger partial charge in [0.15, 0.2) is 0 Å². The molecular formula is C54H66N14O4. The third kappa shape index (κ3) is 9.65. The number of carbonyl (C=O) groups excluding carboxylic acids is 4. The Morgan fingerprint density at radius 3 is 1.25 bits per heavy atom. The molecule has 2 fully saturated rings. The average Bonchev–Trinajstić information content (AvgIpc) is 3.92. The highest BCUT2D eigenvalue weighted by atomic mass is 16.2. The molecule has 6 aromatic rings. The first-order valence-electron chi connectivity index (χ1n) is 25.1. The highest BCUT2D eigenvalue weighted by Crippen LogP contribution is 2.38. The van der Waals surface area contributed by atoms with Gasteiger partial charge in [-0.1, -0.05) is 24.3 Å². The Labute approximate surface area is 421 Å². The van der Waals surface area contributed by atoms with Crippen molar-refractivity contribution >= 4 is 69.0 Å². The average molecular weight is 975 g/mol. The Morgan fingerprint density at radius 2 is 0.903 bits per heavy atom. The summed E-state index contributed by atoms with van der Waals surface area (Å²) in [5.41, 5.74) is 6.93. The molecule has 0 saturated carbocycles. The van der Waals surface area contributed by atoms with Crippen LogP contribution >= 0.6 is 0 Å². The lowest BCUT2D eigenvalue weighted by Crippen LogP contribution is -2.48. The van der Waals surface area contributed by atoms with E-state index in [-0.39, 0.29) is 47.8 Å². The number of hydrogen-bond acceptors (Lipinski definition) is 14. The lowest BCUT2D eigenvalue weighted by atomic mass is 10.0. The molecule has 18 nitrogen and oxygen atoms in total. The largest absolute Gasteiger partial charge is 0.352 e. The second kappa shape index (κ2) is 20.3. The first kappa shape index (κ1) is 49.5. The molecule has 8 heterocycles. The molecule has 0 radical (unpaired) electrons. The number of rotatable bonds is 10. The van der Waals surface area contributed by atoms with Gasteiger partial charge in [-0.05, 0) is 89.1 Å². The van der Waals surface area contributed by atoms with Gasteiger partial charge >= 0.3 is 0 Å². The molecule has 4 aliphatic rings. The van der Waals surface area contributed by atoms with E-state index in [0.29, 0.717) is 88.7 Å². The predicted molar refractivity (Wildman–Crippen MR) is 280 cm³/mol. The van der Waals surface area contributed by atoms with Crippen LogP contribution in [-0.4, -0.2) is 152 Å². The molecule has 0 N–H and O–H groups in total. The molecule has 4 aromatic heterocycles. The molecule has 0 aliphatic carbocycles. The Hall–Kier alpha value is -7.50. The van der Waals surface area contributed by atoms with Gasteiger partial charge in [0.05, 0.1) is 36.2 Å². The molecule has 0 spiro atoms. The van der Waals surface area contributed by atoms with E-state index in [1.165, 1.54) is 0 Å². The number of amides is 4. The molecule has 72 heavy (non-hydrogen) atoms. The van der Waals surface area contributed by atoms with E-state index in [1.807, 2.05) is 85.7 Å². The van der Waals surface area contributed by atoms with E-state index in [4.69, 9.17) is 19.9 Å². The van der Waals surface area contributed by atoms with E-state index >= 15 is 0 Å². The molecule has 4 amide bonds. The first-order valence-corrected chi connectivity index (χ1v) is 25.1. The van der Waals surface area contributed by atoms with Gasteiger partial charge in [0.1, 0.15) is 23.0 Å². The fourth-order valence-electron chi connectivity index (χ4n) is 9.99. The summed E-state index contributed by atoms with van der Waals surface area (Å²) in [5.74, 6) is 2.70. The summed E-state index contributed by atoms with van der Waals surface area (Å²) in [6.07, 6.45) is 3.61. The number of benzene rings is 2. The smallest absolute Gasteiger partial charge is 0.273 e. The third-order valence-electron chi connectivity index (χ3n) is 14.8. The second-order valence-electron chi connectivity index (χ2n) is 19.9. The Morgan fingerprint density at radius 1 is 0.528 bits per heavy atom. The maximum atomic E-state index is 13.3. The van der Waals surface area contributed by atoms with Gasteiger partial charge in [-0.25, -0.2) is 9.97 Å². The van der Waals surface area contributed by atoms with E-state index in [9.17, 15) is 19.2 Å². The summed E-state index contributed by atoms with van der Waals surface area (Å²) in [6.45, 7) is 21.6. The van der Waals surface area contributed by atoms with Crippen molar-refractivity contribution in [3.05, 3.63) is 107 Å². The van der Waals surface area contributed by atoms with Gasteiger partial charge in [-0.2, -0.15) is 9.97 Å². The monoisotopic (exact) mass is 975 g/mol. The second-order valence-corrected chi connectivity index (χ2v) is 19.9. The fourth-order valence-corrected chi connectivity index (χ4v) is 9.99. The molecule has 0 bridgehead atoms. The Kier molecular flexibility index (Phi) is 14.0. The highest BCUT2D eigenvalue weighted by molar-refractivity contribution is 5.99. The van der Waals surface area contributed by atoms with Crippen LogP contribution in [0.4, 0.5) is 23.5 Å². The van der Waals surface area contributed by atoms with Gasteiger partial charge in [-0.3, -0.25) is 29.1 Å². The summed E-state index contributed by atoms with van der Waals surface area (Å²) in [7, 11) is 4.06. The van der Waals surface area contributed by atoms with Crippen molar-refractivity contribution in [2.24, 2.45) is 0 Å². The summed E-state index contributed by atoms with van der Waals surface area (Å²) >= 11 is 0. The third-order valence-corrected chi connectivity index (χ3v) is 14.8. The maximum Gasteiger partial charge on any atom is 0.273 e. The van der Waals surface area contributed by atoms with Crippen LogP contribution in [0.15, 0.2) is 73.1 Å². The number of fused-ring (bicyclic) bond motifs is 4. The lowest BCUT2D eigenvalue weighted by molar-refractivity contribution is -0.129. The van der Waals surface area contributed by atoms with Crippen LogP contribution in [0.1, 0.15) is 111 Å². The number of hydrogen-bond donors (Lipinski definition) is 0. The van der Waals surface area contributed by atoms with Crippen LogP contribution < -0.4 is 19.6 Å². The van der Waals surface area contributed by atoms with Crippen LogP contribution in [0, 0.1) is 0 Å². The van der Waals surface area contributed by atoms with E-state index in [2.05, 4.69) is 79.8 Å². The predicted octanol–water partition coefficient (Wildman–Crippen LogP) is 6.51. The van der Waals surface area contributed by atoms with Crippen molar-refractivity contribution in [2.75, 3.05) is 86.1 Å². The fraction of sp³-hybridized carbons (Fsp3) is 0.444. The topological polar surface area (TPSA) is 172 Å². The zero-order valence-corrected chi connectivity index (χ0v) is 43.2. The van der Waals surface area contributed by atoms with Crippen LogP contribution in [-0.2, 0) is 22.7 Å².